The maximum Gasteiger partial charge on any atom is 0.460 e. The molecule has 0 spiro atoms. The van der Waals surface area contributed by atoms with Gasteiger partial charge in [0.1, 0.15) is 11.2 Å². The van der Waals surface area contributed by atoms with Crippen LogP contribution in [0.4, 0.5) is 75.4 Å². The van der Waals surface area contributed by atoms with Gasteiger partial charge in [0, 0.05) is 6.54 Å². The van der Waals surface area contributed by atoms with E-state index < -0.39 is 71.0 Å². The molecule has 46 heavy (non-hydrogen) atoms. The summed E-state index contributed by atoms with van der Waals surface area (Å²) in [6, 6.07) is 0. The number of halogens is 15. The number of unbranched alkanes of at least 4 members (excludes halogenated alkanes) is 1. The Hall–Kier alpha value is -2.92. The Kier molecular flexibility index (Phi) is 14.2. The van der Waals surface area contributed by atoms with E-state index in [1.165, 1.54) is 0 Å². The van der Waals surface area contributed by atoms with Crippen LogP contribution in [0.3, 0.4) is 0 Å². The van der Waals surface area contributed by atoms with E-state index in [1.54, 1.807) is 41.5 Å². The minimum atomic E-state index is -8.42. The maximum atomic E-state index is 12.9. The Balaban J connectivity index is 0. The van der Waals surface area contributed by atoms with E-state index in [9.17, 15) is 80.2 Å². The van der Waals surface area contributed by atoms with Gasteiger partial charge in [0.2, 0.25) is 0 Å². The van der Waals surface area contributed by atoms with Crippen molar-refractivity contribution in [1.29, 1.82) is 0 Å². The quantitative estimate of drug-likeness (QED) is 0.122. The van der Waals surface area contributed by atoms with E-state index >= 15 is 0 Å². The number of hydrazine groups is 2. The average Bonchev–Trinajstić information content (AvgIpc) is 2.80. The van der Waals surface area contributed by atoms with Gasteiger partial charge in [-0.1, -0.05) is 13.3 Å². The first-order valence-corrected chi connectivity index (χ1v) is 12.3. The summed E-state index contributed by atoms with van der Waals surface area (Å²) in [5.41, 5.74) is 7.41. The molecule has 0 saturated heterocycles. The van der Waals surface area contributed by atoms with Gasteiger partial charge in [0.25, 0.3) is 5.91 Å². The van der Waals surface area contributed by atoms with Crippen LogP contribution in [0, 0.1) is 0 Å². The number of hydrogen-bond acceptors (Lipinski definition) is 7. The van der Waals surface area contributed by atoms with Gasteiger partial charge >= 0.3 is 53.9 Å². The van der Waals surface area contributed by atoms with Crippen molar-refractivity contribution in [3.8, 4) is 0 Å². The molecule has 0 aliphatic heterocycles. The van der Waals surface area contributed by atoms with Gasteiger partial charge in [-0.05, 0) is 48.0 Å². The fourth-order valence-corrected chi connectivity index (χ4v) is 2.30. The summed E-state index contributed by atoms with van der Waals surface area (Å²) < 4.78 is 198. The molecule has 0 aromatic heterocycles. The van der Waals surface area contributed by atoms with Crippen LogP contribution >= 0.6 is 0 Å². The minimum absolute atomic E-state index is 0.610. The lowest BCUT2D eigenvalue weighted by Gasteiger charge is -2.40. The lowest BCUT2D eigenvalue weighted by molar-refractivity contribution is -0.449. The van der Waals surface area contributed by atoms with Gasteiger partial charge in [-0.15, -0.1) is 5.01 Å². The van der Waals surface area contributed by atoms with Gasteiger partial charge in [-0.25, -0.2) is 15.0 Å². The summed E-state index contributed by atoms with van der Waals surface area (Å²) in [5.74, 6) is -51.8. The van der Waals surface area contributed by atoms with Gasteiger partial charge < -0.3 is 15.2 Å². The zero-order chi connectivity index (χ0) is 37.8. The number of nitrogens with one attached hydrogen (secondary N) is 2. The fraction of sp³-hybridized carbons (Fsp3) is 0.864. The molecule has 0 aliphatic rings. The average molecular weight is 716 g/mol. The molecule has 0 atom stereocenters. The molecule has 3 amide bonds. The molecule has 274 valence electrons. The molecule has 0 radical (unpaired) electrons. The summed E-state index contributed by atoms with van der Waals surface area (Å²) in [5, 5.41) is 0.701. The zero-order valence-corrected chi connectivity index (χ0v) is 24.9. The Labute approximate surface area is 251 Å². The lowest BCUT2D eigenvalue weighted by Crippen LogP contribution is -2.73. The van der Waals surface area contributed by atoms with E-state index in [1.807, 2.05) is 6.92 Å². The van der Waals surface area contributed by atoms with Crippen LogP contribution in [-0.2, 0) is 14.3 Å². The number of carbonyl (C=O) groups excluding carboxylic acids is 3. The molecule has 0 heterocycles. The Morgan fingerprint density at radius 2 is 0.935 bits per heavy atom. The Morgan fingerprint density at radius 3 is 1.22 bits per heavy atom. The highest BCUT2D eigenvalue weighted by atomic mass is 19.4. The number of alkyl halides is 15. The molecule has 9 nitrogen and oxygen atoms in total. The zero-order valence-electron chi connectivity index (χ0n) is 24.9. The minimum Gasteiger partial charge on any atom is -0.442 e. The smallest absolute Gasteiger partial charge is 0.442 e. The summed E-state index contributed by atoms with van der Waals surface area (Å²) in [6.45, 7) is 13.0. The predicted octanol–water partition coefficient (Wildman–Crippen LogP) is 6.81. The first-order chi connectivity index (χ1) is 19.9. The number of hydrogen-bond donors (Lipinski definition) is 3. The Morgan fingerprint density at radius 1 is 0.609 bits per heavy atom. The molecule has 0 rings (SSSR count). The van der Waals surface area contributed by atoms with Crippen LogP contribution < -0.4 is 16.7 Å². The van der Waals surface area contributed by atoms with Crippen molar-refractivity contribution in [2.75, 3.05) is 6.54 Å². The molecule has 0 aromatic carbocycles. The van der Waals surface area contributed by atoms with Crippen molar-refractivity contribution in [3.63, 3.8) is 0 Å². The van der Waals surface area contributed by atoms with Crippen LogP contribution in [-0.4, -0.2) is 82.6 Å². The van der Waals surface area contributed by atoms with Gasteiger partial charge in [0.05, 0.1) is 0 Å². The predicted molar refractivity (Wildman–Crippen MR) is 125 cm³/mol. The van der Waals surface area contributed by atoms with Crippen LogP contribution in [0.25, 0.3) is 0 Å². The van der Waals surface area contributed by atoms with Crippen molar-refractivity contribution < 1.29 is 89.7 Å². The van der Waals surface area contributed by atoms with Crippen molar-refractivity contribution in [1.82, 2.24) is 16.0 Å². The third-order valence-electron chi connectivity index (χ3n) is 4.64. The van der Waals surface area contributed by atoms with E-state index in [-0.39, 0.29) is 0 Å². The molecular formula is C22H31F15N4O5. The van der Waals surface area contributed by atoms with E-state index in [2.05, 4.69) is 16.7 Å². The molecule has 24 heteroatoms. The van der Waals surface area contributed by atoms with Gasteiger partial charge in [-0.2, -0.15) is 71.4 Å². The molecule has 0 saturated carbocycles. The summed E-state index contributed by atoms with van der Waals surface area (Å²) in [7, 11) is 0. The molecule has 0 unspecified atom stereocenters. The molecule has 0 aliphatic carbocycles. The second kappa shape index (κ2) is 14.5. The largest absolute Gasteiger partial charge is 0.460 e. The number of rotatable bonds is 11. The topological polar surface area (TPSA) is 123 Å². The third-order valence-corrected chi connectivity index (χ3v) is 4.64. The molecule has 0 aromatic rings. The third kappa shape index (κ3) is 10.0. The van der Waals surface area contributed by atoms with Gasteiger partial charge in [-0.3, -0.25) is 4.79 Å². The highest BCUT2D eigenvalue weighted by molar-refractivity contribution is 5.87. The number of carbonyl (C=O) groups is 3. The number of imide groups is 1. The summed E-state index contributed by atoms with van der Waals surface area (Å²) in [4.78, 5) is 34.0. The van der Waals surface area contributed by atoms with Crippen molar-refractivity contribution >= 4 is 18.1 Å². The monoisotopic (exact) mass is 716 g/mol. The first-order valence-electron chi connectivity index (χ1n) is 12.3. The SMILES string of the molecule is CCCCNNN(C(=O)OC(C)(C)C)C(=O)OC(C)(C)C.NC(=O)C(F)(F)C(F)(F)C(F)(F)C(F)(F)C(F)(F)C(F)(F)C(F)(F)F. The van der Waals surface area contributed by atoms with Crippen molar-refractivity contribution in [2.45, 2.75) is 114 Å². The van der Waals surface area contributed by atoms with Crippen molar-refractivity contribution in [2.24, 2.45) is 5.73 Å². The van der Waals surface area contributed by atoms with E-state index in [4.69, 9.17) is 9.47 Å². The second-order valence-corrected chi connectivity index (χ2v) is 11.0. The maximum absolute atomic E-state index is 12.9. The van der Waals surface area contributed by atoms with Crippen LogP contribution in [0.1, 0.15) is 61.3 Å². The number of ether oxygens (including phenoxy) is 2. The lowest BCUT2D eigenvalue weighted by atomic mass is 9.91. The molecule has 4 N–H and O–H groups in total. The van der Waals surface area contributed by atoms with Crippen LogP contribution in [0.15, 0.2) is 0 Å². The van der Waals surface area contributed by atoms with Crippen LogP contribution in [0.2, 0.25) is 0 Å². The summed E-state index contributed by atoms with van der Waals surface area (Å²) in [6.07, 6.45) is -7.41. The Bertz CT molecular complexity index is 1030. The van der Waals surface area contributed by atoms with E-state index in [0.29, 0.717) is 11.6 Å². The fourth-order valence-electron chi connectivity index (χ4n) is 2.30. The second-order valence-electron chi connectivity index (χ2n) is 11.0. The normalized spacial score (nSPS) is 14.2. The standard InChI is InChI=1S/C14H29N3O4.C8H2F15NO/c1-8-9-10-15-16-17(11(18)20-13(2,3)4)12(19)21-14(5,6)7;9-2(10,1(24)25)3(11,12)4(13,14)5(15,16)6(17,18)7(19,20)8(21,22)23/h15-16H,8-10H2,1-7H3;(H2,24,25). The summed E-state index contributed by atoms with van der Waals surface area (Å²) >= 11 is 0. The van der Waals surface area contributed by atoms with Crippen molar-refractivity contribution in [3.05, 3.63) is 0 Å². The molecule has 0 fully saturated rings. The number of amides is 3. The highest BCUT2D eigenvalue weighted by Gasteiger charge is 2.93. The highest BCUT2D eigenvalue weighted by Crippen LogP contribution is 2.62. The van der Waals surface area contributed by atoms with E-state index in [0.717, 1.165) is 12.8 Å². The molecule has 0 bridgehead atoms. The molecular weight excluding hydrogens is 685 g/mol. The van der Waals surface area contributed by atoms with Gasteiger partial charge in [0.15, 0.2) is 0 Å². The number of nitrogens with zero attached hydrogens (tertiary/aromatic N) is 1. The van der Waals surface area contributed by atoms with Crippen LogP contribution in [0.5, 0.6) is 0 Å². The first kappa shape index (κ1) is 45.2. The number of primary amides is 1. The number of nitrogens with two attached hydrogens (primary N) is 1.